The number of nitrogens with zero attached hydrogens (tertiary/aromatic N) is 3. The third-order valence-corrected chi connectivity index (χ3v) is 5.56. The van der Waals surface area contributed by atoms with Crippen LogP contribution in [-0.4, -0.2) is 20.7 Å². The molecule has 0 aliphatic carbocycles. The quantitative estimate of drug-likeness (QED) is 0.514. The van der Waals surface area contributed by atoms with Gasteiger partial charge in [0.15, 0.2) is 0 Å². The number of benzene rings is 2. The number of aryl methyl sites for hydroxylation is 1. The van der Waals surface area contributed by atoms with Crippen LogP contribution in [0.4, 0.5) is 5.82 Å². The van der Waals surface area contributed by atoms with E-state index in [0.717, 1.165) is 21.0 Å². The Balaban J connectivity index is 1.62. The van der Waals surface area contributed by atoms with Crippen molar-refractivity contribution in [2.45, 2.75) is 33.1 Å². The molecule has 4 rings (SSSR count). The molecule has 0 aliphatic heterocycles. The molecule has 0 saturated carbocycles. The van der Waals surface area contributed by atoms with Gasteiger partial charge in [0.2, 0.25) is 5.13 Å². The SMILES string of the molecule is Cc1cc(NC(=O)c2ccc(C(C)(C)C)cc2)n(-c2nc3ccccc3s2)n1. The van der Waals surface area contributed by atoms with Gasteiger partial charge in [0, 0.05) is 11.6 Å². The molecule has 28 heavy (non-hydrogen) atoms. The van der Waals surface area contributed by atoms with E-state index < -0.39 is 0 Å². The lowest BCUT2D eigenvalue weighted by Crippen LogP contribution is -2.16. The highest BCUT2D eigenvalue weighted by Gasteiger charge is 2.17. The number of nitrogens with one attached hydrogen (secondary N) is 1. The molecule has 0 saturated heterocycles. The summed E-state index contributed by atoms with van der Waals surface area (Å²) in [6.07, 6.45) is 0. The topological polar surface area (TPSA) is 59.8 Å². The number of rotatable bonds is 3. The van der Waals surface area contributed by atoms with Crippen molar-refractivity contribution in [3.05, 3.63) is 71.4 Å². The van der Waals surface area contributed by atoms with E-state index in [-0.39, 0.29) is 11.3 Å². The van der Waals surface area contributed by atoms with Crippen molar-refractivity contribution >= 4 is 33.3 Å². The van der Waals surface area contributed by atoms with E-state index in [1.54, 1.807) is 16.0 Å². The fourth-order valence-corrected chi connectivity index (χ4v) is 3.93. The molecule has 0 bridgehead atoms. The van der Waals surface area contributed by atoms with Crippen LogP contribution >= 0.6 is 11.3 Å². The standard InChI is InChI=1S/C22H22N4OS/c1-14-13-19(24-20(27)15-9-11-16(12-10-15)22(2,3)4)26(25-14)21-23-17-7-5-6-8-18(17)28-21/h5-13H,1-4H3,(H,24,27). The van der Waals surface area contributed by atoms with E-state index in [4.69, 9.17) is 0 Å². The van der Waals surface area contributed by atoms with Crippen LogP contribution in [0.1, 0.15) is 42.4 Å². The molecule has 142 valence electrons. The monoisotopic (exact) mass is 390 g/mol. The Morgan fingerprint density at radius 3 is 2.46 bits per heavy atom. The minimum atomic E-state index is -0.164. The molecule has 0 spiro atoms. The van der Waals surface area contributed by atoms with Gasteiger partial charge < -0.3 is 5.32 Å². The van der Waals surface area contributed by atoms with Gasteiger partial charge in [0.05, 0.1) is 15.9 Å². The van der Waals surface area contributed by atoms with Gasteiger partial charge in [0.25, 0.3) is 5.91 Å². The molecule has 1 N–H and O–H groups in total. The van der Waals surface area contributed by atoms with E-state index in [9.17, 15) is 4.79 Å². The Bertz CT molecular complexity index is 1120. The van der Waals surface area contributed by atoms with Crippen molar-refractivity contribution in [1.82, 2.24) is 14.8 Å². The number of hydrogen-bond acceptors (Lipinski definition) is 4. The van der Waals surface area contributed by atoms with Gasteiger partial charge in [-0.25, -0.2) is 4.98 Å². The first-order chi connectivity index (χ1) is 13.3. The van der Waals surface area contributed by atoms with Gasteiger partial charge in [-0.15, -0.1) is 0 Å². The minimum Gasteiger partial charge on any atom is -0.306 e. The number of para-hydroxylation sites is 1. The molecule has 0 fully saturated rings. The fraction of sp³-hybridized carbons (Fsp3) is 0.227. The second-order valence-electron chi connectivity index (χ2n) is 7.83. The fourth-order valence-electron chi connectivity index (χ4n) is 3.00. The van der Waals surface area contributed by atoms with Gasteiger partial charge in [-0.3, -0.25) is 4.79 Å². The zero-order chi connectivity index (χ0) is 19.9. The maximum Gasteiger partial charge on any atom is 0.256 e. The minimum absolute atomic E-state index is 0.0532. The van der Waals surface area contributed by atoms with Crippen LogP contribution < -0.4 is 5.32 Å². The van der Waals surface area contributed by atoms with E-state index in [0.29, 0.717) is 11.4 Å². The molecule has 5 nitrogen and oxygen atoms in total. The highest BCUT2D eigenvalue weighted by atomic mass is 32.1. The summed E-state index contributed by atoms with van der Waals surface area (Å²) in [5.74, 6) is 0.448. The van der Waals surface area contributed by atoms with Gasteiger partial charge >= 0.3 is 0 Å². The third kappa shape index (κ3) is 3.55. The smallest absolute Gasteiger partial charge is 0.256 e. The van der Waals surface area contributed by atoms with Gasteiger partial charge in [-0.05, 0) is 42.2 Å². The summed E-state index contributed by atoms with van der Waals surface area (Å²) in [4.78, 5) is 17.4. The van der Waals surface area contributed by atoms with Crippen molar-refractivity contribution in [2.24, 2.45) is 0 Å². The normalized spacial score (nSPS) is 11.7. The summed E-state index contributed by atoms with van der Waals surface area (Å²) in [6, 6.07) is 17.5. The molecular formula is C22H22N4OS. The summed E-state index contributed by atoms with van der Waals surface area (Å²) in [6.45, 7) is 8.36. The highest BCUT2D eigenvalue weighted by molar-refractivity contribution is 7.20. The van der Waals surface area contributed by atoms with E-state index >= 15 is 0 Å². The number of carbonyl (C=O) groups excluding carboxylic acids is 1. The average molecular weight is 391 g/mol. The van der Waals surface area contributed by atoms with Crippen molar-refractivity contribution in [1.29, 1.82) is 0 Å². The van der Waals surface area contributed by atoms with Crippen LogP contribution in [0.25, 0.3) is 15.3 Å². The van der Waals surface area contributed by atoms with Crippen molar-refractivity contribution in [3.63, 3.8) is 0 Å². The predicted octanol–water partition coefficient (Wildman–Crippen LogP) is 5.34. The van der Waals surface area contributed by atoms with Crippen LogP contribution in [0.15, 0.2) is 54.6 Å². The van der Waals surface area contributed by atoms with Crippen LogP contribution in [0, 0.1) is 6.92 Å². The predicted molar refractivity (Wildman–Crippen MR) is 115 cm³/mol. The summed E-state index contributed by atoms with van der Waals surface area (Å²) in [5, 5.41) is 8.23. The average Bonchev–Trinajstić information content (AvgIpc) is 3.24. The molecule has 2 aromatic carbocycles. The highest BCUT2D eigenvalue weighted by Crippen LogP contribution is 2.27. The molecule has 2 heterocycles. The Morgan fingerprint density at radius 2 is 1.79 bits per heavy atom. The van der Waals surface area contributed by atoms with Gasteiger partial charge in [-0.2, -0.15) is 9.78 Å². The zero-order valence-electron chi connectivity index (χ0n) is 16.4. The number of aromatic nitrogens is 3. The summed E-state index contributed by atoms with van der Waals surface area (Å²) >= 11 is 1.54. The number of amides is 1. The van der Waals surface area contributed by atoms with Crippen molar-refractivity contribution in [2.75, 3.05) is 5.32 Å². The Morgan fingerprint density at radius 1 is 1.07 bits per heavy atom. The number of hydrogen-bond donors (Lipinski definition) is 1. The Labute approximate surface area is 168 Å². The molecule has 0 aliphatic rings. The first-order valence-electron chi connectivity index (χ1n) is 9.16. The maximum absolute atomic E-state index is 12.8. The maximum atomic E-state index is 12.8. The summed E-state index contributed by atoms with van der Waals surface area (Å²) < 4.78 is 2.78. The second kappa shape index (κ2) is 6.87. The van der Waals surface area contributed by atoms with Crippen molar-refractivity contribution < 1.29 is 4.79 Å². The molecule has 4 aromatic rings. The first kappa shape index (κ1) is 18.4. The van der Waals surface area contributed by atoms with E-state index in [1.165, 1.54) is 5.56 Å². The Kier molecular flexibility index (Phi) is 4.51. The van der Waals surface area contributed by atoms with Gasteiger partial charge in [-0.1, -0.05) is 56.4 Å². The molecule has 1 amide bonds. The first-order valence-corrected chi connectivity index (χ1v) is 9.97. The van der Waals surface area contributed by atoms with Crippen LogP contribution in [0.2, 0.25) is 0 Å². The van der Waals surface area contributed by atoms with Crippen molar-refractivity contribution in [3.8, 4) is 5.13 Å². The molecule has 0 unspecified atom stereocenters. The largest absolute Gasteiger partial charge is 0.306 e. The van der Waals surface area contributed by atoms with E-state index in [1.807, 2.05) is 61.5 Å². The molecule has 2 aromatic heterocycles. The summed E-state index contributed by atoms with van der Waals surface area (Å²) in [7, 11) is 0. The van der Waals surface area contributed by atoms with E-state index in [2.05, 4.69) is 36.2 Å². The zero-order valence-corrected chi connectivity index (χ0v) is 17.2. The summed E-state index contributed by atoms with van der Waals surface area (Å²) in [5.41, 5.74) is 3.60. The number of carbonyl (C=O) groups is 1. The van der Waals surface area contributed by atoms with Crippen LogP contribution in [-0.2, 0) is 5.41 Å². The lowest BCUT2D eigenvalue weighted by molar-refractivity contribution is 0.102. The van der Waals surface area contributed by atoms with Crippen LogP contribution in [0.3, 0.4) is 0 Å². The lowest BCUT2D eigenvalue weighted by atomic mass is 9.87. The van der Waals surface area contributed by atoms with Gasteiger partial charge in [0.1, 0.15) is 5.82 Å². The lowest BCUT2D eigenvalue weighted by Gasteiger charge is -2.19. The number of anilines is 1. The molecular weight excluding hydrogens is 368 g/mol. The molecule has 6 heteroatoms. The number of fused-ring (bicyclic) bond motifs is 1. The van der Waals surface area contributed by atoms with Crippen LogP contribution in [0.5, 0.6) is 0 Å². The molecule has 0 radical (unpaired) electrons. The Hall–Kier alpha value is -2.99. The number of thiazole rings is 1. The second-order valence-corrected chi connectivity index (χ2v) is 8.84. The molecule has 0 atom stereocenters. The third-order valence-electron chi connectivity index (χ3n) is 4.55.